The van der Waals surface area contributed by atoms with Crippen LogP contribution in [-0.4, -0.2) is 24.1 Å². The second-order valence-corrected chi connectivity index (χ2v) is 6.82. The second kappa shape index (κ2) is 6.82. The molecule has 2 aromatic carbocycles. The average molecular weight is 354 g/mol. The highest BCUT2D eigenvalue weighted by Crippen LogP contribution is 2.31. The third-order valence-corrected chi connectivity index (χ3v) is 5.12. The lowest BCUT2D eigenvalue weighted by Gasteiger charge is -2.12. The van der Waals surface area contributed by atoms with Gasteiger partial charge in [-0.1, -0.05) is 41.7 Å². The van der Waals surface area contributed by atoms with Gasteiger partial charge in [0.25, 0.3) is 5.91 Å². The lowest BCUT2D eigenvalue weighted by atomic mass is 10.0. The van der Waals surface area contributed by atoms with Crippen LogP contribution in [0.25, 0.3) is 10.8 Å². The van der Waals surface area contributed by atoms with Gasteiger partial charge in [0.15, 0.2) is 5.13 Å². The highest BCUT2D eigenvalue weighted by molar-refractivity contribution is 7.15. The van der Waals surface area contributed by atoms with Gasteiger partial charge in [0, 0.05) is 6.42 Å². The van der Waals surface area contributed by atoms with Crippen LogP contribution in [0.5, 0.6) is 5.75 Å². The Labute approximate surface area is 149 Å². The van der Waals surface area contributed by atoms with Crippen LogP contribution in [0.1, 0.15) is 27.9 Å². The molecular weight excluding hydrogens is 336 g/mol. The fourth-order valence-corrected chi connectivity index (χ4v) is 3.94. The number of nitrogens with one attached hydrogen (secondary N) is 1. The molecule has 0 unspecified atom stereocenters. The van der Waals surface area contributed by atoms with Gasteiger partial charge in [0.05, 0.1) is 36.0 Å². The minimum absolute atomic E-state index is 0.202. The zero-order valence-electron chi connectivity index (χ0n) is 13.9. The van der Waals surface area contributed by atoms with E-state index in [1.165, 1.54) is 11.3 Å². The second-order valence-electron chi connectivity index (χ2n) is 5.74. The summed E-state index contributed by atoms with van der Waals surface area (Å²) in [7, 11) is 0. The molecule has 1 aromatic heterocycles. The summed E-state index contributed by atoms with van der Waals surface area (Å²) in [6.07, 6.45) is 0.792. The first kappa shape index (κ1) is 16.1. The molecule has 1 aliphatic heterocycles. The predicted molar refractivity (Wildman–Crippen MR) is 98.5 cm³/mol. The van der Waals surface area contributed by atoms with Crippen LogP contribution < -0.4 is 10.1 Å². The minimum Gasteiger partial charge on any atom is -0.493 e. The Bertz CT molecular complexity index is 912. The van der Waals surface area contributed by atoms with Crippen LogP contribution in [0.2, 0.25) is 0 Å². The summed E-state index contributed by atoms with van der Waals surface area (Å²) in [4.78, 5) is 18.6. The van der Waals surface area contributed by atoms with Gasteiger partial charge in [-0.05, 0) is 23.8 Å². The van der Waals surface area contributed by atoms with Gasteiger partial charge in [-0.2, -0.15) is 0 Å². The van der Waals surface area contributed by atoms with Crippen molar-refractivity contribution in [2.45, 2.75) is 20.0 Å². The number of fused-ring (bicyclic) bond motifs is 2. The quantitative estimate of drug-likeness (QED) is 0.769. The van der Waals surface area contributed by atoms with Crippen molar-refractivity contribution in [3.8, 4) is 5.75 Å². The fourth-order valence-electron chi connectivity index (χ4n) is 3.00. The Morgan fingerprint density at radius 3 is 3.04 bits per heavy atom. The molecule has 25 heavy (non-hydrogen) atoms. The maximum absolute atomic E-state index is 13.0. The van der Waals surface area contributed by atoms with E-state index in [4.69, 9.17) is 9.47 Å². The van der Waals surface area contributed by atoms with E-state index >= 15 is 0 Å². The van der Waals surface area contributed by atoms with Crippen molar-refractivity contribution < 1.29 is 14.3 Å². The van der Waals surface area contributed by atoms with Gasteiger partial charge in [-0.15, -0.1) is 0 Å². The molecule has 0 aliphatic carbocycles. The summed E-state index contributed by atoms with van der Waals surface area (Å²) in [6.45, 7) is 3.66. The Morgan fingerprint density at radius 2 is 2.20 bits per heavy atom. The van der Waals surface area contributed by atoms with Crippen LogP contribution in [-0.2, 0) is 17.8 Å². The molecule has 6 heteroatoms. The van der Waals surface area contributed by atoms with Crippen molar-refractivity contribution in [2.75, 3.05) is 18.5 Å². The number of ether oxygens (including phenoxy) is 2. The Morgan fingerprint density at radius 1 is 1.32 bits per heavy atom. The number of aromatic nitrogens is 1. The molecule has 0 radical (unpaired) electrons. The lowest BCUT2D eigenvalue weighted by Crippen LogP contribution is -2.14. The molecule has 0 spiro atoms. The summed E-state index contributed by atoms with van der Waals surface area (Å²) in [5, 5.41) is 5.42. The van der Waals surface area contributed by atoms with Gasteiger partial charge in [-0.3, -0.25) is 10.1 Å². The first-order valence-corrected chi connectivity index (χ1v) is 9.10. The van der Waals surface area contributed by atoms with Gasteiger partial charge >= 0.3 is 0 Å². The maximum Gasteiger partial charge on any atom is 0.261 e. The largest absolute Gasteiger partial charge is 0.493 e. The summed E-state index contributed by atoms with van der Waals surface area (Å²) in [6, 6.07) is 11.6. The number of thiazole rings is 1. The van der Waals surface area contributed by atoms with Crippen LogP contribution in [0.3, 0.4) is 0 Å². The van der Waals surface area contributed by atoms with E-state index in [9.17, 15) is 4.79 Å². The van der Waals surface area contributed by atoms with Gasteiger partial charge < -0.3 is 9.47 Å². The molecule has 1 amide bonds. The van der Waals surface area contributed by atoms with Crippen LogP contribution in [0.4, 0.5) is 5.13 Å². The third kappa shape index (κ3) is 3.10. The standard InChI is InChI=1S/C19H18N2O3S/c1-2-24-15-8-7-12-5-3-4-6-13(12)17(15)18(22)21-19-20-14-9-10-23-11-16(14)25-19/h3-8H,2,9-11H2,1H3,(H,20,21,22). The summed E-state index contributed by atoms with van der Waals surface area (Å²) in [5.41, 5.74) is 1.57. The first-order chi connectivity index (χ1) is 12.3. The summed E-state index contributed by atoms with van der Waals surface area (Å²) in [5.74, 6) is 0.385. The Balaban J connectivity index is 1.71. The topological polar surface area (TPSA) is 60.5 Å². The SMILES string of the molecule is CCOc1ccc2ccccc2c1C(=O)Nc1nc2c(s1)COCC2. The molecule has 3 aromatic rings. The lowest BCUT2D eigenvalue weighted by molar-refractivity contribution is 0.102. The van der Waals surface area contributed by atoms with Gasteiger partial charge in [-0.25, -0.2) is 4.98 Å². The van der Waals surface area contributed by atoms with E-state index in [-0.39, 0.29) is 5.91 Å². The molecule has 5 nitrogen and oxygen atoms in total. The van der Waals surface area contributed by atoms with Crippen molar-refractivity contribution in [1.29, 1.82) is 0 Å². The molecule has 0 bridgehead atoms. The molecule has 0 saturated heterocycles. The number of anilines is 1. The molecule has 0 saturated carbocycles. The molecule has 1 aliphatic rings. The van der Waals surface area contributed by atoms with Crippen molar-refractivity contribution in [2.24, 2.45) is 0 Å². The number of hydrogen-bond donors (Lipinski definition) is 1. The summed E-state index contributed by atoms with van der Waals surface area (Å²) < 4.78 is 11.1. The van der Waals surface area contributed by atoms with Crippen LogP contribution in [0.15, 0.2) is 36.4 Å². The average Bonchev–Trinajstić information content (AvgIpc) is 3.03. The fraction of sp³-hybridized carbons (Fsp3) is 0.263. The molecule has 4 rings (SSSR count). The number of nitrogens with zero attached hydrogens (tertiary/aromatic N) is 1. The first-order valence-electron chi connectivity index (χ1n) is 8.28. The molecule has 0 fully saturated rings. The Kier molecular flexibility index (Phi) is 4.38. The number of amides is 1. The zero-order valence-corrected chi connectivity index (χ0v) is 14.7. The van der Waals surface area contributed by atoms with E-state index in [2.05, 4.69) is 10.3 Å². The van der Waals surface area contributed by atoms with Crippen molar-refractivity contribution in [1.82, 2.24) is 4.98 Å². The van der Waals surface area contributed by atoms with Gasteiger partial charge in [0.1, 0.15) is 5.75 Å². The van der Waals surface area contributed by atoms with Crippen molar-refractivity contribution in [3.05, 3.63) is 52.5 Å². The van der Waals surface area contributed by atoms with E-state index in [1.54, 1.807) is 0 Å². The highest BCUT2D eigenvalue weighted by Gasteiger charge is 2.20. The number of hydrogen-bond acceptors (Lipinski definition) is 5. The highest BCUT2D eigenvalue weighted by atomic mass is 32.1. The monoisotopic (exact) mass is 354 g/mol. The predicted octanol–water partition coefficient (Wildman–Crippen LogP) is 4.02. The number of benzene rings is 2. The van der Waals surface area contributed by atoms with E-state index in [1.807, 2.05) is 43.3 Å². The zero-order chi connectivity index (χ0) is 17.2. The molecule has 2 heterocycles. The van der Waals surface area contributed by atoms with Crippen LogP contribution in [0, 0.1) is 0 Å². The number of rotatable bonds is 4. The molecule has 0 atom stereocenters. The van der Waals surface area contributed by atoms with Crippen molar-refractivity contribution in [3.63, 3.8) is 0 Å². The van der Waals surface area contributed by atoms with E-state index < -0.39 is 0 Å². The number of carbonyl (C=O) groups excluding carboxylic acids is 1. The van der Waals surface area contributed by atoms with Crippen molar-refractivity contribution >= 4 is 33.1 Å². The maximum atomic E-state index is 13.0. The van der Waals surface area contributed by atoms with Gasteiger partial charge in [0.2, 0.25) is 0 Å². The normalized spacial score (nSPS) is 13.5. The van der Waals surface area contributed by atoms with E-state index in [0.717, 1.165) is 27.8 Å². The van der Waals surface area contributed by atoms with E-state index in [0.29, 0.717) is 36.3 Å². The molecule has 1 N–H and O–H groups in total. The third-order valence-electron chi connectivity index (χ3n) is 4.13. The molecular formula is C19H18N2O3S. The number of carbonyl (C=O) groups is 1. The van der Waals surface area contributed by atoms with Crippen LogP contribution >= 0.6 is 11.3 Å². The minimum atomic E-state index is -0.202. The summed E-state index contributed by atoms with van der Waals surface area (Å²) >= 11 is 1.47. The Hall–Kier alpha value is -2.44. The molecule has 128 valence electrons. The smallest absolute Gasteiger partial charge is 0.261 e.